The molecule has 11 heavy (non-hydrogen) atoms. The number of aliphatic imine (C=N–C) groups is 1. The van der Waals surface area contributed by atoms with Gasteiger partial charge in [0.15, 0.2) is 5.96 Å². The smallest absolute Gasteiger partial charge is 0.192 e. The van der Waals surface area contributed by atoms with Gasteiger partial charge in [0.2, 0.25) is 0 Å². The highest BCUT2D eigenvalue weighted by molar-refractivity contribution is 5.78. The molecule has 0 spiro atoms. The van der Waals surface area contributed by atoms with Crippen LogP contribution in [0.4, 0.5) is 0 Å². The van der Waals surface area contributed by atoms with Gasteiger partial charge in [0, 0.05) is 13.1 Å². The van der Waals surface area contributed by atoms with E-state index in [0.717, 1.165) is 13.1 Å². The van der Waals surface area contributed by atoms with Crippen molar-refractivity contribution in [3.05, 3.63) is 0 Å². The molecule has 1 rings (SSSR count). The summed E-state index contributed by atoms with van der Waals surface area (Å²) in [5, 5.41) is 0. The highest BCUT2D eigenvalue weighted by atomic mass is 15.3. The van der Waals surface area contributed by atoms with Gasteiger partial charge in [-0.05, 0) is 19.3 Å². The van der Waals surface area contributed by atoms with Gasteiger partial charge in [-0.1, -0.05) is 0 Å². The molecule has 4 heteroatoms. The first-order valence-corrected chi connectivity index (χ1v) is 4.09. The minimum Gasteiger partial charge on any atom is -0.370 e. The fourth-order valence-electron chi connectivity index (χ4n) is 1.32. The van der Waals surface area contributed by atoms with Crippen molar-refractivity contribution in [3.8, 4) is 0 Å². The SMILES string of the molecule is NCN=C(N)N1CCCCC1. The number of likely N-dealkylation sites (tertiary alicyclic amines) is 1. The molecule has 0 unspecified atom stereocenters. The van der Waals surface area contributed by atoms with E-state index >= 15 is 0 Å². The molecular weight excluding hydrogens is 140 g/mol. The Hall–Kier alpha value is -0.770. The molecule has 1 heterocycles. The van der Waals surface area contributed by atoms with E-state index in [2.05, 4.69) is 9.89 Å². The van der Waals surface area contributed by atoms with Gasteiger partial charge < -0.3 is 16.4 Å². The third kappa shape index (κ3) is 2.38. The van der Waals surface area contributed by atoms with Crippen LogP contribution in [0.25, 0.3) is 0 Å². The van der Waals surface area contributed by atoms with E-state index < -0.39 is 0 Å². The fraction of sp³-hybridized carbons (Fsp3) is 0.857. The summed E-state index contributed by atoms with van der Waals surface area (Å²) in [6, 6.07) is 0. The normalized spacial score (nSPS) is 20.5. The van der Waals surface area contributed by atoms with E-state index in [4.69, 9.17) is 11.5 Å². The number of piperidine rings is 1. The summed E-state index contributed by atoms with van der Waals surface area (Å²) >= 11 is 0. The van der Waals surface area contributed by atoms with Crippen molar-refractivity contribution in [3.63, 3.8) is 0 Å². The molecule has 1 saturated heterocycles. The quantitative estimate of drug-likeness (QED) is 0.404. The summed E-state index contributed by atoms with van der Waals surface area (Å²) in [5.41, 5.74) is 10.9. The van der Waals surface area contributed by atoms with E-state index in [9.17, 15) is 0 Å². The molecule has 1 fully saturated rings. The lowest BCUT2D eigenvalue weighted by atomic mass is 10.1. The average Bonchev–Trinajstić information content (AvgIpc) is 2.07. The van der Waals surface area contributed by atoms with Gasteiger partial charge in [-0.3, -0.25) is 0 Å². The van der Waals surface area contributed by atoms with Gasteiger partial charge in [0.1, 0.15) is 0 Å². The van der Waals surface area contributed by atoms with Gasteiger partial charge in [0.05, 0.1) is 6.67 Å². The lowest BCUT2D eigenvalue weighted by Gasteiger charge is -2.27. The molecule has 0 aliphatic carbocycles. The maximum Gasteiger partial charge on any atom is 0.192 e. The number of nitrogens with zero attached hydrogens (tertiary/aromatic N) is 2. The Bertz CT molecular complexity index is 137. The fourth-order valence-corrected chi connectivity index (χ4v) is 1.32. The zero-order chi connectivity index (χ0) is 8.10. The Morgan fingerprint density at radius 2 is 1.91 bits per heavy atom. The molecule has 64 valence electrons. The average molecular weight is 156 g/mol. The predicted octanol–water partition coefficient (Wildman–Crippen LogP) is -0.297. The molecule has 0 amide bonds. The largest absolute Gasteiger partial charge is 0.370 e. The van der Waals surface area contributed by atoms with Crippen LogP contribution in [0.2, 0.25) is 0 Å². The molecule has 0 bridgehead atoms. The first-order chi connectivity index (χ1) is 5.34. The van der Waals surface area contributed by atoms with E-state index in [1.54, 1.807) is 0 Å². The Morgan fingerprint density at radius 1 is 1.27 bits per heavy atom. The van der Waals surface area contributed by atoms with Crippen molar-refractivity contribution in [1.82, 2.24) is 4.90 Å². The Kier molecular flexibility index (Phi) is 3.16. The van der Waals surface area contributed by atoms with Crippen LogP contribution in [0, 0.1) is 0 Å². The lowest BCUT2D eigenvalue weighted by molar-refractivity contribution is 0.338. The summed E-state index contributed by atoms with van der Waals surface area (Å²) in [5.74, 6) is 0.604. The third-order valence-corrected chi connectivity index (χ3v) is 1.93. The number of hydrogen-bond donors (Lipinski definition) is 2. The Labute approximate surface area is 67.3 Å². The van der Waals surface area contributed by atoms with Crippen LogP contribution in [0.5, 0.6) is 0 Å². The second-order valence-electron chi connectivity index (χ2n) is 2.75. The summed E-state index contributed by atoms with van der Waals surface area (Å²) in [6.07, 6.45) is 3.76. The number of rotatable bonds is 1. The third-order valence-electron chi connectivity index (χ3n) is 1.93. The van der Waals surface area contributed by atoms with E-state index in [-0.39, 0.29) is 0 Å². The number of hydrogen-bond acceptors (Lipinski definition) is 2. The van der Waals surface area contributed by atoms with Crippen molar-refractivity contribution in [1.29, 1.82) is 0 Å². The molecule has 0 radical (unpaired) electrons. The molecule has 4 nitrogen and oxygen atoms in total. The van der Waals surface area contributed by atoms with E-state index in [1.807, 2.05) is 0 Å². The van der Waals surface area contributed by atoms with Crippen LogP contribution in [-0.2, 0) is 0 Å². The maximum absolute atomic E-state index is 5.65. The second-order valence-corrected chi connectivity index (χ2v) is 2.75. The first-order valence-electron chi connectivity index (χ1n) is 4.09. The Balaban J connectivity index is 2.38. The maximum atomic E-state index is 5.65. The lowest BCUT2D eigenvalue weighted by Crippen LogP contribution is -2.41. The van der Waals surface area contributed by atoms with Crippen LogP contribution in [0.1, 0.15) is 19.3 Å². The molecule has 1 aliphatic heterocycles. The van der Waals surface area contributed by atoms with Crippen molar-refractivity contribution in [2.24, 2.45) is 16.5 Å². The molecule has 0 atom stereocenters. The monoisotopic (exact) mass is 156 g/mol. The summed E-state index contributed by atoms with van der Waals surface area (Å²) in [6.45, 7) is 2.37. The first kappa shape index (κ1) is 8.33. The second kappa shape index (κ2) is 4.18. The van der Waals surface area contributed by atoms with Crippen LogP contribution in [0.15, 0.2) is 4.99 Å². The van der Waals surface area contributed by atoms with Crippen LogP contribution >= 0.6 is 0 Å². The van der Waals surface area contributed by atoms with Gasteiger partial charge in [-0.15, -0.1) is 0 Å². The zero-order valence-electron chi connectivity index (χ0n) is 6.79. The zero-order valence-corrected chi connectivity index (χ0v) is 6.79. The summed E-state index contributed by atoms with van der Waals surface area (Å²) < 4.78 is 0. The molecule has 0 saturated carbocycles. The molecule has 4 N–H and O–H groups in total. The van der Waals surface area contributed by atoms with E-state index in [0.29, 0.717) is 12.6 Å². The molecule has 0 aromatic heterocycles. The predicted molar refractivity (Wildman–Crippen MR) is 46.1 cm³/mol. The van der Waals surface area contributed by atoms with Crippen LogP contribution < -0.4 is 11.5 Å². The van der Waals surface area contributed by atoms with E-state index in [1.165, 1.54) is 19.3 Å². The highest BCUT2D eigenvalue weighted by Gasteiger charge is 2.10. The van der Waals surface area contributed by atoms with Gasteiger partial charge in [-0.25, -0.2) is 4.99 Å². The van der Waals surface area contributed by atoms with Crippen LogP contribution in [0.3, 0.4) is 0 Å². The van der Waals surface area contributed by atoms with Crippen LogP contribution in [-0.4, -0.2) is 30.6 Å². The number of guanidine groups is 1. The van der Waals surface area contributed by atoms with Gasteiger partial charge in [-0.2, -0.15) is 0 Å². The molecular formula is C7H16N4. The molecule has 0 aromatic rings. The number of nitrogens with two attached hydrogens (primary N) is 2. The van der Waals surface area contributed by atoms with Gasteiger partial charge in [0.25, 0.3) is 0 Å². The summed E-state index contributed by atoms with van der Waals surface area (Å²) in [7, 11) is 0. The molecule has 1 aliphatic rings. The van der Waals surface area contributed by atoms with Crippen molar-refractivity contribution in [2.45, 2.75) is 19.3 Å². The van der Waals surface area contributed by atoms with Gasteiger partial charge >= 0.3 is 0 Å². The molecule has 0 aromatic carbocycles. The van der Waals surface area contributed by atoms with Crippen molar-refractivity contribution in [2.75, 3.05) is 19.8 Å². The van der Waals surface area contributed by atoms with Crippen molar-refractivity contribution >= 4 is 5.96 Å². The minimum atomic E-state index is 0.294. The standard InChI is InChI=1S/C7H16N4/c8-6-10-7(9)11-4-2-1-3-5-11/h1-6,8H2,(H2,9,10). The highest BCUT2D eigenvalue weighted by Crippen LogP contribution is 2.07. The summed E-state index contributed by atoms with van der Waals surface area (Å²) in [4.78, 5) is 6.04. The Morgan fingerprint density at radius 3 is 2.45 bits per heavy atom. The van der Waals surface area contributed by atoms with Crippen molar-refractivity contribution < 1.29 is 0 Å². The topological polar surface area (TPSA) is 67.6 Å². The minimum absolute atomic E-state index is 0.294.